The lowest BCUT2D eigenvalue weighted by Crippen LogP contribution is -2.36. The van der Waals surface area contributed by atoms with E-state index in [1.807, 2.05) is 0 Å². The summed E-state index contributed by atoms with van der Waals surface area (Å²) in [5, 5.41) is 0. The van der Waals surface area contributed by atoms with Gasteiger partial charge in [-0.1, -0.05) is 6.92 Å². The Bertz CT molecular complexity index is 547. The van der Waals surface area contributed by atoms with E-state index in [0.29, 0.717) is 4.47 Å². The third kappa shape index (κ3) is 4.26. The standard InChI is InChI=1S/C11H15BrN2O4S/c1-3-14(8-11(15)18-4-2)19(16,17)10-5-9(12)6-13-7-10/h5-7H,3-4,8H2,1-2H3. The molecule has 19 heavy (non-hydrogen) atoms. The molecule has 0 aliphatic rings. The summed E-state index contributed by atoms with van der Waals surface area (Å²) in [5.41, 5.74) is 0. The van der Waals surface area contributed by atoms with Gasteiger partial charge in [0.05, 0.1) is 6.61 Å². The second-order valence-electron chi connectivity index (χ2n) is 3.58. The van der Waals surface area contributed by atoms with Crippen molar-refractivity contribution in [1.82, 2.24) is 9.29 Å². The third-order valence-corrected chi connectivity index (χ3v) is 4.60. The molecule has 0 aliphatic carbocycles. The number of sulfonamides is 1. The molecule has 0 fully saturated rings. The zero-order chi connectivity index (χ0) is 14.5. The summed E-state index contributed by atoms with van der Waals surface area (Å²) in [6.07, 6.45) is 2.73. The number of halogens is 1. The third-order valence-electron chi connectivity index (χ3n) is 2.28. The lowest BCUT2D eigenvalue weighted by atomic mass is 10.5. The number of carbonyl (C=O) groups excluding carboxylic acids is 1. The number of hydrogen-bond donors (Lipinski definition) is 0. The van der Waals surface area contributed by atoms with E-state index in [-0.39, 0.29) is 24.6 Å². The van der Waals surface area contributed by atoms with Gasteiger partial charge in [-0.05, 0) is 28.9 Å². The first-order chi connectivity index (χ1) is 8.91. The molecule has 1 heterocycles. The van der Waals surface area contributed by atoms with Crippen molar-refractivity contribution >= 4 is 31.9 Å². The van der Waals surface area contributed by atoms with Crippen molar-refractivity contribution in [1.29, 1.82) is 0 Å². The number of pyridine rings is 1. The molecule has 1 rings (SSSR count). The van der Waals surface area contributed by atoms with Crippen LogP contribution in [0.4, 0.5) is 0 Å². The molecule has 1 aromatic heterocycles. The van der Waals surface area contributed by atoms with Crippen molar-refractivity contribution < 1.29 is 17.9 Å². The average Bonchev–Trinajstić information content (AvgIpc) is 2.36. The van der Waals surface area contributed by atoms with Crippen molar-refractivity contribution in [2.24, 2.45) is 0 Å². The van der Waals surface area contributed by atoms with Crippen molar-refractivity contribution in [2.75, 3.05) is 19.7 Å². The second kappa shape index (κ2) is 6.97. The first-order valence-corrected chi connectivity index (χ1v) is 7.91. The summed E-state index contributed by atoms with van der Waals surface area (Å²) >= 11 is 3.16. The fourth-order valence-electron chi connectivity index (χ4n) is 1.40. The van der Waals surface area contributed by atoms with Gasteiger partial charge >= 0.3 is 5.97 Å². The Hall–Kier alpha value is -0.990. The van der Waals surface area contributed by atoms with Crippen LogP contribution in [-0.2, 0) is 19.6 Å². The van der Waals surface area contributed by atoms with Crippen LogP contribution in [0.1, 0.15) is 13.8 Å². The van der Waals surface area contributed by atoms with Gasteiger partial charge in [0.1, 0.15) is 11.4 Å². The molecule has 8 heteroatoms. The maximum Gasteiger partial charge on any atom is 0.321 e. The van der Waals surface area contributed by atoms with Crippen molar-refractivity contribution in [3.8, 4) is 0 Å². The highest BCUT2D eigenvalue weighted by Gasteiger charge is 2.26. The summed E-state index contributed by atoms with van der Waals surface area (Å²) in [5.74, 6) is -0.573. The van der Waals surface area contributed by atoms with Gasteiger partial charge in [-0.3, -0.25) is 9.78 Å². The highest BCUT2D eigenvalue weighted by molar-refractivity contribution is 9.10. The summed E-state index contributed by atoms with van der Waals surface area (Å²) in [6.45, 7) is 3.41. The molecule has 0 saturated heterocycles. The number of esters is 1. The molecule has 1 aromatic rings. The van der Waals surface area contributed by atoms with Crippen LogP contribution in [0, 0.1) is 0 Å². The SMILES string of the molecule is CCOC(=O)CN(CC)S(=O)(=O)c1cncc(Br)c1. The van der Waals surface area contributed by atoms with E-state index in [4.69, 9.17) is 4.74 Å². The van der Waals surface area contributed by atoms with Crippen LogP contribution >= 0.6 is 15.9 Å². The summed E-state index contributed by atoms with van der Waals surface area (Å²) < 4.78 is 31.0. The van der Waals surface area contributed by atoms with Crippen LogP contribution in [0.5, 0.6) is 0 Å². The highest BCUT2D eigenvalue weighted by Crippen LogP contribution is 2.18. The molecule has 106 valence electrons. The second-order valence-corrected chi connectivity index (χ2v) is 6.43. The zero-order valence-corrected chi connectivity index (χ0v) is 13.1. The Morgan fingerprint density at radius 1 is 1.42 bits per heavy atom. The van der Waals surface area contributed by atoms with E-state index in [1.165, 1.54) is 18.5 Å². The number of likely N-dealkylation sites (N-methyl/N-ethyl adjacent to an activating group) is 1. The average molecular weight is 351 g/mol. The molecule has 0 unspecified atom stereocenters. The number of ether oxygens (including phenoxy) is 1. The van der Waals surface area contributed by atoms with E-state index in [2.05, 4.69) is 20.9 Å². The molecular weight excluding hydrogens is 336 g/mol. The van der Waals surface area contributed by atoms with E-state index < -0.39 is 16.0 Å². The van der Waals surface area contributed by atoms with E-state index in [1.54, 1.807) is 13.8 Å². The Balaban J connectivity index is 2.99. The van der Waals surface area contributed by atoms with Gasteiger partial charge in [0.2, 0.25) is 10.0 Å². The monoisotopic (exact) mass is 350 g/mol. The van der Waals surface area contributed by atoms with Gasteiger partial charge in [0, 0.05) is 23.4 Å². The van der Waals surface area contributed by atoms with Crippen molar-refractivity contribution in [2.45, 2.75) is 18.7 Å². The molecule has 0 spiro atoms. The Labute approximate surface area is 121 Å². The van der Waals surface area contributed by atoms with Gasteiger partial charge in [-0.2, -0.15) is 4.31 Å². The smallest absolute Gasteiger partial charge is 0.321 e. The Morgan fingerprint density at radius 2 is 2.11 bits per heavy atom. The normalized spacial score (nSPS) is 11.6. The molecule has 0 aromatic carbocycles. The molecule has 0 bridgehead atoms. The van der Waals surface area contributed by atoms with Crippen molar-refractivity contribution in [3.63, 3.8) is 0 Å². The van der Waals surface area contributed by atoms with Crippen LogP contribution < -0.4 is 0 Å². The fourth-order valence-corrected chi connectivity index (χ4v) is 3.30. The van der Waals surface area contributed by atoms with Crippen molar-refractivity contribution in [3.05, 3.63) is 22.9 Å². The first kappa shape index (κ1) is 16.1. The zero-order valence-electron chi connectivity index (χ0n) is 10.7. The van der Waals surface area contributed by atoms with Gasteiger partial charge < -0.3 is 4.74 Å². The molecule has 0 N–H and O–H groups in total. The van der Waals surface area contributed by atoms with E-state index >= 15 is 0 Å². The number of aromatic nitrogens is 1. The molecule has 0 radical (unpaired) electrons. The quantitative estimate of drug-likeness (QED) is 0.725. The van der Waals surface area contributed by atoms with E-state index in [0.717, 1.165) is 4.31 Å². The number of nitrogens with zero attached hydrogens (tertiary/aromatic N) is 2. The first-order valence-electron chi connectivity index (χ1n) is 5.68. The molecule has 0 amide bonds. The maximum absolute atomic E-state index is 12.3. The summed E-state index contributed by atoms with van der Waals surface area (Å²) in [4.78, 5) is 15.3. The van der Waals surface area contributed by atoms with Gasteiger partial charge in [-0.25, -0.2) is 8.42 Å². The largest absolute Gasteiger partial charge is 0.465 e. The van der Waals surface area contributed by atoms with Gasteiger partial charge in [0.15, 0.2) is 0 Å². The van der Waals surface area contributed by atoms with Crippen LogP contribution in [0.2, 0.25) is 0 Å². The minimum absolute atomic E-state index is 0.0352. The molecule has 0 saturated carbocycles. The van der Waals surface area contributed by atoms with Crippen LogP contribution in [0.15, 0.2) is 27.8 Å². The minimum atomic E-state index is -3.75. The summed E-state index contributed by atoms with van der Waals surface area (Å²) in [6, 6.07) is 1.44. The molecular formula is C11H15BrN2O4S. The van der Waals surface area contributed by atoms with Gasteiger partial charge in [-0.15, -0.1) is 0 Å². The molecule has 0 atom stereocenters. The fraction of sp³-hybridized carbons (Fsp3) is 0.455. The van der Waals surface area contributed by atoms with Crippen LogP contribution in [0.25, 0.3) is 0 Å². The highest BCUT2D eigenvalue weighted by atomic mass is 79.9. The van der Waals surface area contributed by atoms with Crippen LogP contribution in [0.3, 0.4) is 0 Å². The maximum atomic E-state index is 12.3. The van der Waals surface area contributed by atoms with Crippen LogP contribution in [-0.4, -0.2) is 43.4 Å². The Morgan fingerprint density at radius 3 is 2.63 bits per heavy atom. The number of rotatable bonds is 6. The molecule has 6 nitrogen and oxygen atoms in total. The predicted octanol–water partition coefficient (Wildman–Crippen LogP) is 1.42. The molecule has 0 aliphatic heterocycles. The van der Waals surface area contributed by atoms with E-state index in [9.17, 15) is 13.2 Å². The number of carbonyl (C=O) groups is 1. The Kier molecular flexibility index (Phi) is 5.89. The number of hydrogen-bond acceptors (Lipinski definition) is 5. The lowest BCUT2D eigenvalue weighted by molar-refractivity contribution is -0.143. The summed E-state index contributed by atoms with van der Waals surface area (Å²) in [7, 11) is -3.75. The van der Waals surface area contributed by atoms with Gasteiger partial charge in [0.25, 0.3) is 0 Å². The lowest BCUT2D eigenvalue weighted by Gasteiger charge is -2.19. The predicted molar refractivity (Wildman–Crippen MR) is 73.0 cm³/mol. The topological polar surface area (TPSA) is 76.6 Å². The minimum Gasteiger partial charge on any atom is -0.465 e.